The van der Waals surface area contributed by atoms with Gasteiger partial charge in [-0.15, -0.1) is 0 Å². The third-order valence-corrected chi connectivity index (χ3v) is 1.15. The first-order chi connectivity index (χ1) is 3.97. The fourth-order valence-electron chi connectivity index (χ4n) is 0.765. The van der Waals surface area contributed by atoms with E-state index in [4.69, 9.17) is 0 Å². The summed E-state index contributed by atoms with van der Waals surface area (Å²) in [6.45, 7) is 0. The first-order valence-corrected chi connectivity index (χ1v) is 2.46. The minimum atomic E-state index is 0. The standard InChI is InChI=1S/C6H4N2.Pt/c1-3-7-6-2-4-8-5(1)6;/h1-4H;. The van der Waals surface area contributed by atoms with Gasteiger partial charge in [0.25, 0.3) is 0 Å². The molecule has 9 heavy (non-hydrogen) atoms. The molecule has 0 radical (unpaired) electrons. The zero-order chi connectivity index (χ0) is 5.40. The van der Waals surface area contributed by atoms with E-state index in [-0.39, 0.29) is 21.1 Å². The van der Waals surface area contributed by atoms with E-state index in [1.54, 1.807) is 12.4 Å². The molecule has 0 aromatic carbocycles. The molecule has 2 rings (SSSR count). The van der Waals surface area contributed by atoms with Gasteiger partial charge < -0.3 is 0 Å². The molecule has 0 N–H and O–H groups in total. The van der Waals surface area contributed by atoms with Gasteiger partial charge in [-0.25, -0.2) is 0 Å². The zero-order valence-corrected chi connectivity index (χ0v) is 6.79. The van der Waals surface area contributed by atoms with E-state index >= 15 is 0 Å². The van der Waals surface area contributed by atoms with Gasteiger partial charge in [-0.2, -0.15) is 0 Å². The molecule has 0 aliphatic carbocycles. The van der Waals surface area contributed by atoms with Crippen molar-refractivity contribution in [2.75, 3.05) is 0 Å². The molecule has 0 atom stereocenters. The Morgan fingerprint density at radius 1 is 0.889 bits per heavy atom. The summed E-state index contributed by atoms with van der Waals surface area (Å²) in [7, 11) is 0. The maximum atomic E-state index is 4.02. The Bertz CT molecular complexity index is 209. The van der Waals surface area contributed by atoms with Gasteiger partial charge in [-0.3, -0.25) is 9.98 Å². The summed E-state index contributed by atoms with van der Waals surface area (Å²) in [5.74, 6) is 0. The van der Waals surface area contributed by atoms with Crippen LogP contribution in [-0.4, -0.2) is 12.4 Å². The van der Waals surface area contributed by atoms with E-state index in [1.165, 1.54) is 0 Å². The smallest absolute Gasteiger partial charge is 0.0901 e. The molecule has 0 saturated carbocycles. The SMILES string of the molecule is C1=NC2=CC=NC2=C1.[Pt]. The fourth-order valence-corrected chi connectivity index (χ4v) is 0.765. The summed E-state index contributed by atoms with van der Waals surface area (Å²) in [4.78, 5) is 8.03. The topological polar surface area (TPSA) is 24.7 Å². The number of aliphatic imine (C=N–C) groups is 2. The number of allylic oxidation sites excluding steroid dienone is 2. The molecule has 0 aromatic heterocycles. The second-order valence-corrected chi connectivity index (χ2v) is 1.66. The van der Waals surface area contributed by atoms with E-state index < -0.39 is 0 Å². The molecule has 2 nitrogen and oxygen atoms in total. The molecular formula is C6H4N2Pt. The molecule has 2 aliphatic heterocycles. The Labute approximate surface area is 67.4 Å². The molecule has 0 saturated heterocycles. The van der Waals surface area contributed by atoms with Crippen molar-refractivity contribution in [2.45, 2.75) is 0 Å². The van der Waals surface area contributed by atoms with Crippen molar-refractivity contribution in [3.05, 3.63) is 23.5 Å². The molecule has 0 aromatic rings. The van der Waals surface area contributed by atoms with Crippen LogP contribution in [0.15, 0.2) is 33.5 Å². The van der Waals surface area contributed by atoms with Crippen molar-refractivity contribution in [2.24, 2.45) is 9.98 Å². The predicted octanol–water partition coefficient (Wildman–Crippen LogP) is 0.921. The van der Waals surface area contributed by atoms with Crippen molar-refractivity contribution >= 4 is 12.4 Å². The normalized spacial score (nSPS) is 18.7. The number of fused-ring (bicyclic) bond motifs is 1. The van der Waals surface area contributed by atoms with Gasteiger partial charge in [0.1, 0.15) is 0 Å². The van der Waals surface area contributed by atoms with E-state index in [1.807, 2.05) is 12.2 Å². The number of nitrogens with zero attached hydrogens (tertiary/aromatic N) is 2. The molecule has 0 bridgehead atoms. The molecule has 2 heterocycles. The van der Waals surface area contributed by atoms with Crippen LogP contribution in [0.1, 0.15) is 0 Å². The van der Waals surface area contributed by atoms with Crippen LogP contribution < -0.4 is 0 Å². The molecule has 0 unspecified atom stereocenters. The van der Waals surface area contributed by atoms with E-state index in [9.17, 15) is 0 Å². The fraction of sp³-hybridized carbons (Fsp3) is 0. The molecule has 0 amide bonds. The summed E-state index contributed by atoms with van der Waals surface area (Å²) >= 11 is 0. The minimum Gasteiger partial charge on any atom is -0.254 e. The number of hydrogen-bond acceptors (Lipinski definition) is 2. The Hall–Kier alpha value is -0.492. The van der Waals surface area contributed by atoms with Crippen molar-refractivity contribution in [3.8, 4) is 0 Å². The third-order valence-electron chi connectivity index (χ3n) is 1.15. The second kappa shape index (κ2) is 2.40. The summed E-state index contributed by atoms with van der Waals surface area (Å²) in [5.41, 5.74) is 1.98. The summed E-state index contributed by atoms with van der Waals surface area (Å²) in [6, 6.07) is 0. The van der Waals surface area contributed by atoms with Crippen LogP contribution >= 0.6 is 0 Å². The quantitative estimate of drug-likeness (QED) is 0.635. The average Bonchev–Trinajstić information content (AvgIpc) is 2.15. The maximum absolute atomic E-state index is 4.02. The Kier molecular flexibility index (Phi) is 1.77. The van der Waals surface area contributed by atoms with Gasteiger partial charge in [0.05, 0.1) is 11.4 Å². The van der Waals surface area contributed by atoms with Crippen LogP contribution in [0, 0.1) is 0 Å². The van der Waals surface area contributed by atoms with Crippen molar-refractivity contribution in [3.63, 3.8) is 0 Å². The van der Waals surface area contributed by atoms with E-state index in [2.05, 4.69) is 9.98 Å². The minimum absolute atomic E-state index is 0. The van der Waals surface area contributed by atoms with Crippen LogP contribution in [0.25, 0.3) is 0 Å². The van der Waals surface area contributed by atoms with Crippen LogP contribution in [0.2, 0.25) is 0 Å². The van der Waals surface area contributed by atoms with Crippen molar-refractivity contribution < 1.29 is 21.1 Å². The number of hydrogen-bond donors (Lipinski definition) is 0. The average molecular weight is 299 g/mol. The third kappa shape index (κ3) is 0.947. The van der Waals surface area contributed by atoms with Crippen LogP contribution in [-0.2, 0) is 21.1 Å². The van der Waals surface area contributed by atoms with Crippen LogP contribution in [0.3, 0.4) is 0 Å². The number of rotatable bonds is 0. The maximum Gasteiger partial charge on any atom is 0.0901 e. The molecule has 2 aliphatic rings. The van der Waals surface area contributed by atoms with E-state index in [0.717, 1.165) is 11.4 Å². The summed E-state index contributed by atoms with van der Waals surface area (Å²) in [5, 5.41) is 0. The molecule has 0 fully saturated rings. The summed E-state index contributed by atoms with van der Waals surface area (Å²) in [6.07, 6.45) is 7.32. The van der Waals surface area contributed by atoms with E-state index in [0.29, 0.717) is 0 Å². The first-order valence-electron chi connectivity index (χ1n) is 2.46. The van der Waals surface area contributed by atoms with Gasteiger partial charge in [-0.1, -0.05) is 0 Å². The Morgan fingerprint density at radius 2 is 1.33 bits per heavy atom. The van der Waals surface area contributed by atoms with Gasteiger partial charge in [0, 0.05) is 33.5 Å². The van der Waals surface area contributed by atoms with Gasteiger partial charge in [-0.05, 0) is 12.2 Å². The molecular weight excluding hydrogens is 295 g/mol. The molecule has 48 valence electrons. The van der Waals surface area contributed by atoms with Crippen LogP contribution in [0.5, 0.6) is 0 Å². The first kappa shape index (κ1) is 6.63. The second-order valence-electron chi connectivity index (χ2n) is 1.66. The molecule has 0 spiro atoms. The monoisotopic (exact) mass is 299 g/mol. The van der Waals surface area contributed by atoms with Gasteiger partial charge in [0.2, 0.25) is 0 Å². The zero-order valence-electron chi connectivity index (χ0n) is 4.52. The van der Waals surface area contributed by atoms with Crippen molar-refractivity contribution in [1.29, 1.82) is 0 Å². The summed E-state index contributed by atoms with van der Waals surface area (Å²) < 4.78 is 0. The van der Waals surface area contributed by atoms with Crippen molar-refractivity contribution in [1.82, 2.24) is 0 Å². The molecule has 3 heteroatoms. The Morgan fingerprint density at radius 3 is 1.78 bits per heavy atom. The predicted molar refractivity (Wildman–Crippen MR) is 33.1 cm³/mol. The largest absolute Gasteiger partial charge is 0.254 e. The van der Waals surface area contributed by atoms with Crippen LogP contribution in [0.4, 0.5) is 0 Å². The Balaban J connectivity index is 0.000000405. The van der Waals surface area contributed by atoms with Gasteiger partial charge in [0.15, 0.2) is 0 Å². The van der Waals surface area contributed by atoms with Gasteiger partial charge >= 0.3 is 0 Å².